The Morgan fingerprint density at radius 1 is 1.00 bits per heavy atom. The molecule has 1 spiro atoms. The van der Waals surface area contributed by atoms with Crippen LogP contribution in [0, 0.1) is 17.3 Å². The molecule has 0 N–H and O–H groups in total. The Morgan fingerprint density at radius 2 is 1.68 bits per heavy atom. The van der Waals surface area contributed by atoms with Crippen LogP contribution in [0.1, 0.15) is 44.1 Å². The van der Waals surface area contributed by atoms with Crippen molar-refractivity contribution in [2.75, 3.05) is 0 Å². The molecule has 2 saturated heterocycles. The zero-order valence-electron chi connectivity index (χ0n) is 19.4. The molecule has 0 bridgehead atoms. The lowest BCUT2D eigenvalue weighted by Crippen LogP contribution is -2.59. The minimum absolute atomic E-state index is 0.000984. The molecule has 174 valence electrons. The van der Waals surface area contributed by atoms with Gasteiger partial charge in [-0.25, -0.2) is 4.79 Å². The first-order chi connectivity index (χ1) is 16.4. The predicted molar refractivity (Wildman–Crippen MR) is 126 cm³/mol. The van der Waals surface area contributed by atoms with Crippen molar-refractivity contribution < 1.29 is 23.8 Å². The van der Waals surface area contributed by atoms with Crippen molar-refractivity contribution in [3.63, 3.8) is 0 Å². The van der Waals surface area contributed by atoms with Gasteiger partial charge in [0.2, 0.25) is 0 Å². The van der Waals surface area contributed by atoms with Crippen LogP contribution in [0.25, 0.3) is 6.08 Å². The normalized spacial score (nSPS) is 40.0. The van der Waals surface area contributed by atoms with E-state index in [9.17, 15) is 9.59 Å². The smallest absolute Gasteiger partial charge is 0.334 e. The first kappa shape index (κ1) is 21.5. The number of hydrogen-bond acceptors (Lipinski definition) is 5. The van der Waals surface area contributed by atoms with Crippen LogP contribution >= 0.6 is 0 Å². The number of ketones is 1. The molecule has 2 heterocycles. The molecular formula is C29H28O5. The molecule has 4 fully saturated rings. The predicted octanol–water partition coefficient (Wildman–Crippen LogP) is 5.04. The zero-order valence-corrected chi connectivity index (χ0v) is 19.4. The van der Waals surface area contributed by atoms with Crippen LogP contribution in [0.2, 0.25) is 0 Å². The highest BCUT2D eigenvalue weighted by atomic mass is 16.7. The summed E-state index contributed by atoms with van der Waals surface area (Å²) < 4.78 is 19.4. The van der Waals surface area contributed by atoms with Gasteiger partial charge in [0.15, 0.2) is 12.1 Å². The monoisotopic (exact) mass is 456 g/mol. The standard InChI is InChI=1S/C29H28O5/c1-17-14-15-21-18(2)26(31)32-24(21)28(3)23(30)22(16-19-10-6-4-7-11-19)25-29(17,28)34-27(33-25)20-12-8-5-9-13-20/h4-13,16-17,21,24-25,27H,2,14-15H2,1,3H3/b22-16+/t17-,21-,24+,25-,27?,28-,29-/m0/s1. The lowest BCUT2D eigenvalue weighted by Gasteiger charge is -2.45. The number of hydrogen-bond donors (Lipinski definition) is 0. The summed E-state index contributed by atoms with van der Waals surface area (Å²) in [6.07, 6.45) is 1.60. The Labute approximate surface area is 199 Å². The maximum Gasteiger partial charge on any atom is 0.334 e. The van der Waals surface area contributed by atoms with Crippen LogP contribution in [0.4, 0.5) is 0 Å². The third-order valence-electron chi connectivity index (χ3n) is 8.49. The maximum atomic E-state index is 14.3. The Hall–Kier alpha value is -3.02. The number of rotatable bonds is 2. The van der Waals surface area contributed by atoms with Crippen molar-refractivity contribution in [2.45, 2.75) is 50.8 Å². The summed E-state index contributed by atoms with van der Waals surface area (Å²) in [4.78, 5) is 26.9. The lowest BCUT2D eigenvalue weighted by atomic mass is 9.64. The lowest BCUT2D eigenvalue weighted by molar-refractivity contribution is -0.191. The molecule has 2 aromatic rings. The van der Waals surface area contributed by atoms with Crippen molar-refractivity contribution in [1.82, 2.24) is 0 Å². The van der Waals surface area contributed by atoms with Gasteiger partial charge in [-0.15, -0.1) is 0 Å². The van der Waals surface area contributed by atoms with Gasteiger partial charge in [-0.3, -0.25) is 4.79 Å². The molecule has 0 amide bonds. The average Bonchev–Trinajstić information content (AvgIpc) is 3.43. The molecule has 2 aliphatic carbocycles. The fraction of sp³-hybridized carbons (Fsp3) is 0.379. The second-order valence-electron chi connectivity index (χ2n) is 10.1. The van der Waals surface area contributed by atoms with Gasteiger partial charge in [0.1, 0.15) is 23.2 Å². The maximum absolute atomic E-state index is 14.3. The van der Waals surface area contributed by atoms with Gasteiger partial charge in [0.25, 0.3) is 0 Å². The van der Waals surface area contributed by atoms with Crippen molar-refractivity contribution in [3.05, 3.63) is 89.5 Å². The van der Waals surface area contributed by atoms with Crippen LogP contribution in [0.3, 0.4) is 0 Å². The fourth-order valence-corrected chi connectivity index (χ4v) is 6.75. The van der Waals surface area contributed by atoms with E-state index >= 15 is 0 Å². The van der Waals surface area contributed by atoms with Gasteiger partial charge < -0.3 is 14.2 Å². The highest BCUT2D eigenvalue weighted by Crippen LogP contribution is 2.66. The van der Waals surface area contributed by atoms with E-state index in [2.05, 4.69) is 13.5 Å². The van der Waals surface area contributed by atoms with Crippen LogP contribution < -0.4 is 0 Å². The zero-order chi connectivity index (χ0) is 23.7. The molecule has 0 aromatic heterocycles. The Kier molecular flexibility index (Phi) is 4.74. The number of esters is 1. The third-order valence-corrected chi connectivity index (χ3v) is 8.49. The summed E-state index contributed by atoms with van der Waals surface area (Å²) in [5.74, 6) is -0.693. The number of benzene rings is 2. The summed E-state index contributed by atoms with van der Waals surface area (Å²) >= 11 is 0. The van der Waals surface area contributed by atoms with Gasteiger partial charge in [0, 0.05) is 22.6 Å². The number of ether oxygens (including phenoxy) is 3. The minimum atomic E-state index is -1.10. The molecule has 2 saturated carbocycles. The first-order valence-corrected chi connectivity index (χ1v) is 12.0. The van der Waals surface area contributed by atoms with E-state index in [-0.39, 0.29) is 17.6 Å². The molecule has 2 aliphatic heterocycles. The summed E-state index contributed by atoms with van der Waals surface area (Å²) in [6, 6.07) is 19.6. The highest BCUT2D eigenvalue weighted by Gasteiger charge is 2.78. The van der Waals surface area contributed by atoms with Crippen molar-refractivity contribution in [2.24, 2.45) is 17.3 Å². The average molecular weight is 457 g/mol. The largest absolute Gasteiger partial charge is 0.457 e. The molecule has 1 unspecified atom stereocenters. The summed E-state index contributed by atoms with van der Waals surface area (Å²) in [6.45, 7) is 8.06. The van der Waals surface area contributed by atoms with Gasteiger partial charge in [-0.2, -0.15) is 0 Å². The summed E-state index contributed by atoms with van der Waals surface area (Å²) in [5.41, 5.74) is 0.797. The van der Waals surface area contributed by atoms with Crippen LogP contribution in [-0.2, 0) is 23.8 Å². The molecule has 5 nitrogen and oxygen atoms in total. The molecule has 4 aliphatic rings. The van der Waals surface area contributed by atoms with E-state index in [0.717, 1.165) is 24.0 Å². The molecule has 6 rings (SSSR count). The Morgan fingerprint density at radius 3 is 2.38 bits per heavy atom. The molecule has 5 heteroatoms. The number of carbonyl (C=O) groups excluding carboxylic acids is 2. The van der Waals surface area contributed by atoms with Gasteiger partial charge in [-0.1, -0.05) is 74.2 Å². The quantitative estimate of drug-likeness (QED) is 0.468. The van der Waals surface area contributed by atoms with E-state index in [0.29, 0.717) is 11.1 Å². The van der Waals surface area contributed by atoms with Crippen LogP contribution in [0.15, 0.2) is 78.4 Å². The summed E-state index contributed by atoms with van der Waals surface area (Å²) in [5, 5.41) is 0. The topological polar surface area (TPSA) is 61.8 Å². The van der Waals surface area contributed by atoms with Crippen LogP contribution in [0.5, 0.6) is 0 Å². The Balaban J connectivity index is 1.56. The van der Waals surface area contributed by atoms with Gasteiger partial charge in [-0.05, 0) is 37.3 Å². The van der Waals surface area contributed by atoms with Crippen LogP contribution in [-0.4, -0.2) is 29.6 Å². The van der Waals surface area contributed by atoms with Crippen molar-refractivity contribution >= 4 is 17.8 Å². The highest BCUT2D eigenvalue weighted by molar-refractivity contribution is 6.09. The number of fused-ring (bicyclic) bond motifs is 2. The van der Waals surface area contributed by atoms with E-state index in [4.69, 9.17) is 14.2 Å². The van der Waals surface area contributed by atoms with E-state index in [1.54, 1.807) is 0 Å². The van der Waals surface area contributed by atoms with Gasteiger partial charge >= 0.3 is 5.97 Å². The second kappa shape index (κ2) is 7.49. The molecule has 34 heavy (non-hydrogen) atoms. The molecule has 7 atom stereocenters. The number of Topliss-reactive ketones (excluding diaryl/α,β-unsaturated/α-hetero) is 1. The SMILES string of the molecule is C=C1C(=O)O[C@@H]2[C@H]1CC[C@H](C)[C@]13OC(c4ccccc4)O[C@H]1/C(=C/c1ccccc1)C(=O)[C@@]23C. The minimum Gasteiger partial charge on any atom is -0.457 e. The van der Waals surface area contributed by atoms with E-state index in [1.807, 2.05) is 73.7 Å². The first-order valence-electron chi connectivity index (χ1n) is 12.0. The Bertz CT molecular complexity index is 1200. The van der Waals surface area contributed by atoms with Crippen molar-refractivity contribution in [1.29, 1.82) is 0 Å². The van der Waals surface area contributed by atoms with E-state index < -0.39 is 35.5 Å². The van der Waals surface area contributed by atoms with Crippen molar-refractivity contribution in [3.8, 4) is 0 Å². The molecular weight excluding hydrogens is 428 g/mol. The van der Waals surface area contributed by atoms with E-state index in [1.165, 1.54) is 0 Å². The second-order valence-corrected chi connectivity index (χ2v) is 10.1. The fourth-order valence-electron chi connectivity index (χ4n) is 6.75. The van der Waals surface area contributed by atoms with Gasteiger partial charge in [0.05, 0.1) is 0 Å². The third kappa shape index (κ3) is 2.68. The molecule has 2 aromatic carbocycles. The molecule has 0 radical (unpaired) electrons. The summed E-state index contributed by atoms with van der Waals surface area (Å²) in [7, 11) is 0. The number of carbonyl (C=O) groups is 2.